The Hall–Kier alpha value is -3.42. The average Bonchev–Trinajstić information content (AvgIpc) is 2.75. The second kappa shape index (κ2) is 7.90. The number of hydrogen-bond donors (Lipinski definition) is 1. The maximum atomic E-state index is 13.0. The van der Waals surface area contributed by atoms with Gasteiger partial charge in [0.05, 0.1) is 18.7 Å². The van der Waals surface area contributed by atoms with Gasteiger partial charge in [-0.1, -0.05) is 66.7 Å². The molecule has 1 N–H and O–H groups in total. The lowest BCUT2D eigenvalue weighted by Gasteiger charge is -2.52. The van der Waals surface area contributed by atoms with Gasteiger partial charge in [-0.2, -0.15) is 5.26 Å². The molecule has 1 heterocycles. The summed E-state index contributed by atoms with van der Waals surface area (Å²) < 4.78 is 0. The number of nitriles is 1. The summed E-state index contributed by atoms with van der Waals surface area (Å²) in [5, 5.41) is 20.0. The first-order chi connectivity index (χ1) is 14.2. The van der Waals surface area contributed by atoms with Crippen LogP contribution in [-0.4, -0.2) is 34.6 Å². The van der Waals surface area contributed by atoms with Gasteiger partial charge in [-0.25, -0.2) is 0 Å². The Bertz CT molecular complexity index is 1070. The van der Waals surface area contributed by atoms with Crippen molar-refractivity contribution in [2.45, 2.75) is 24.9 Å². The number of amides is 1. The van der Waals surface area contributed by atoms with Crippen LogP contribution in [0.5, 0.6) is 0 Å². The lowest BCUT2D eigenvalue weighted by atomic mass is 9.73. The molecule has 0 spiro atoms. The number of aliphatic hydroxyl groups is 1. The van der Waals surface area contributed by atoms with E-state index in [-0.39, 0.29) is 18.4 Å². The van der Waals surface area contributed by atoms with E-state index in [1.54, 1.807) is 24.3 Å². The Balaban J connectivity index is 1.75. The SMILES string of the molecule is Cc1ccccc1-c1ccccc1[C@@H]1[C@@H](C#N)N(C(=O)c2ccccc2)[C@H]1CO. The molecule has 1 fully saturated rings. The molecule has 4 nitrogen and oxygen atoms in total. The number of hydrogen-bond acceptors (Lipinski definition) is 3. The number of nitrogens with zero attached hydrogens (tertiary/aromatic N) is 2. The molecule has 0 radical (unpaired) electrons. The number of aliphatic hydroxyl groups excluding tert-OH is 1. The molecule has 1 saturated heterocycles. The van der Waals surface area contributed by atoms with Crippen molar-refractivity contribution in [1.29, 1.82) is 5.26 Å². The van der Waals surface area contributed by atoms with Crippen LogP contribution in [0.2, 0.25) is 0 Å². The molecule has 0 aliphatic carbocycles. The maximum Gasteiger partial charge on any atom is 0.255 e. The van der Waals surface area contributed by atoms with E-state index in [0.29, 0.717) is 5.56 Å². The summed E-state index contributed by atoms with van der Waals surface area (Å²) in [6.45, 7) is 1.87. The number of carbonyl (C=O) groups excluding carboxylic acids is 1. The summed E-state index contributed by atoms with van der Waals surface area (Å²) in [7, 11) is 0. The maximum absolute atomic E-state index is 13.0. The van der Waals surface area contributed by atoms with Gasteiger partial charge in [-0.15, -0.1) is 0 Å². The summed E-state index contributed by atoms with van der Waals surface area (Å²) >= 11 is 0. The minimum Gasteiger partial charge on any atom is -0.394 e. The molecule has 0 aromatic heterocycles. The third-order valence-corrected chi connectivity index (χ3v) is 5.74. The predicted molar refractivity (Wildman–Crippen MR) is 112 cm³/mol. The van der Waals surface area contributed by atoms with Crippen LogP contribution in [0.1, 0.15) is 27.4 Å². The first kappa shape index (κ1) is 18.9. The second-order valence-corrected chi connectivity index (χ2v) is 7.33. The fourth-order valence-electron chi connectivity index (χ4n) is 4.30. The van der Waals surface area contributed by atoms with Crippen molar-refractivity contribution < 1.29 is 9.90 Å². The molecular formula is C25H22N2O2. The molecule has 1 aliphatic heterocycles. The Morgan fingerprint density at radius 3 is 2.24 bits per heavy atom. The van der Waals surface area contributed by atoms with Crippen LogP contribution in [0.15, 0.2) is 78.9 Å². The summed E-state index contributed by atoms with van der Waals surface area (Å²) in [5.41, 5.74) is 4.80. The van der Waals surface area contributed by atoms with Gasteiger partial charge in [0, 0.05) is 11.5 Å². The number of benzene rings is 3. The molecule has 1 amide bonds. The predicted octanol–water partition coefficient (Wildman–Crippen LogP) is 4.15. The summed E-state index contributed by atoms with van der Waals surface area (Å²) in [5.74, 6) is -0.464. The van der Waals surface area contributed by atoms with Crippen LogP contribution in [-0.2, 0) is 0 Å². The normalized spacial score (nSPS) is 20.6. The minimum absolute atomic E-state index is 0.191. The van der Waals surface area contributed by atoms with Crippen molar-refractivity contribution in [3.63, 3.8) is 0 Å². The van der Waals surface area contributed by atoms with E-state index in [1.165, 1.54) is 4.90 Å². The molecule has 4 rings (SSSR count). The van der Waals surface area contributed by atoms with Crippen molar-refractivity contribution in [1.82, 2.24) is 4.90 Å². The largest absolute Gasteiger partial charge is 0.394 e. The number of likely N-dealkylation sites (tertiary alicyclic amines) is 1. The van der Waals surface area contributed by atoms with E-state index in [1.807, 2.05) is 42.5 Å². The number of aryl methyl sites for hydroxylation is 1. The topological polar surface area (TPSA) is 64.3 Å². The van der Waals surface area contributed by atoms with Crippen LogP contribution in [0.25, 0.3) is 11.1 Å². The molecule has 3 atom stereocenters. The molecule has 29 heavy (non-hydrogen) atoms. The fourth-order valence-corrected chi connectivity index (χ4v) is 4.30. The van der Waals surface area contributed by atoms with Crippen LogP contribution >= 0.6 is 0 Å². The van der Waals surface area contributed by atoms with Crippen LogP contribution in [0.3, 0.4) is 0 Å². The number of rotatable bonds is 4. The van der Waals surface area contributed by atoms with Gasteiger partial charge in [0.15, 0.2) is 0 Å². The Morgan fingerprint density at radius 1 is 0.966 bits per heavy atom. The summed E-state index contributed by atoms with van der Waals surface area (Å²) in [4.78, 5) is 14.5. The Kier molecular flexibility index (Phi) is 5.16. The van der Waals surface area contributed by atoms with Crippen molar-refractivity contribution in [2.75, 3.05) is 6.61 Å². The molecule has 4 heteroatoms. The van der Waals surface area contributed by atoms with Gasteiger partial charge in [-0.3, -0.25) is 4.79 Å². The highest BCUT2D eigenvalue weighted by atomic mass is 16.3. The second-order valence-electron chi connectivity index (χ2n) is 7.33. The van der Waals surface area contributed by atoms with E-state index >= 15 is 0 Å². The molecule has 0 saturated carbocycles. The minimum atomic E-state index is -0.620. The highest BCUT2D eigenvalue weighted by Gasteiger charge is 2.52. The van der Waals surface area contributed by atoms with E-state index in [4.69, 9.17) is 0 Å². The molecule has 3 aromatic rings. The van der Waals surface area contributed by atoms with E-state index in [9.17, 15) is 15.2 Å². The first-order valence-electron chi connectivity index (χ1n) is 9.70. The van der Waals surface area contributed by atoms with Gasteiger partial charge in [0.2, 0.25) is 0 Å². The first-order valence-corrected chi connectivity index (χ1v) is 9.70. The van der Waals surface area contributed by atoms with Gasteiger partial charge in [0.25, 0.3) is 5.91 Å². The average molecular weight is 382 g/mol. The highest BCUT2D eigenvalue weighted by molar-refractivity contribution is 5.96. The molecule has 0 unspecified atom stereocenters. The van der Waals surface area contributed by atoms with Gasteiger partial charge < -0.3 is 10.0 Å². The zero-order valence-corrected chi connectivity index (χ0v) is 16.2. The Labute approximate surface area is 170 Å². The molecule has 1 aliphatic rings. The Morgan fingerprint density at radius 2 is 1.59 bits per heavy atom. The zero-order valence-electron chi connectivity index (χ0n) is 16.2. The fraction of sp³-hybridized carbons (Fsp3) is 0.200. The smallest absolute Gasteiger partial charge is 0.255 e. The van der Waals surface area contributed by atoms with E-state index in [2.05, 4.69) is 25.1 Å². The van der Waals surface area contributed by atoms with Crippen LogP contribution < -0.4 is 0 Å². The lowest BCUT2D eigenvalue weighted by Crippen LogP contribution is -2.65. The molecule has 3 aromatic carbocycles. The highest BCUT2D eigenvalue weighted by Crippen LogP contribution is 2.45. The standard InChI is InChI=1S/C25H22N2O2/c1-17-9-5-6-12-19(17)20-13-7-8-14-21(20)24-22(15-26)27(23(24)16-28)25(29)18-10-3-2-4-11-18/h2-14,22-24,28H,16H2,1H3/t22-,23+,24-/m1/s1. The lowest BCUT2D eigenvalue weighted by molar-refractivity contribution is -0.00571. The van der Waals surface area contributed by atoms with Gasteiger partial charge in [-0.05, 0) is 41.3 Å². The van der Waals surface area contributed by atoms with Crippen molar-refractivity contribution in [3.8, 4) is 17.2 Å². The van der Waals surface area contributed by atoms with Crippen LogP contribution in [0.4, 0.5) is 0 Å². The van der Waals surface area contributed by atoms with Crippen LogP contribution in [0, 0.1) is 18.3 Å². The number of carbonyl (C=O) groups is 1. The molecule has 144 valence electrons. The summed E-state index contributed by atoms with van der Waals surface area (Å²) in [6, 6.07) is 26.3. The summed E-state index contributed by atoms with van der Waals surface area (Å²) in [6.07, 6.45) is 0. The van der Waals surface area contributed by atoms with Crippen molar-refractivity contribution >= 4 is 5.91 Å². The van der Waals surface area contributed by atoms with Crippen molar-refractivity contribution in [2.24, 2.45) is 0 Å². The molecular weight excluding hydrogens is 360 g/mol. The van der Waals surface area contributed by atoms with E-state index < -0.39 is 12.1 Å². The third-order valence-electron chi connectivity index (χ3n) is 5.74. The van der Waals surface area contributed by atoms with E-state index in [0.717, 1.165) is 22.3 Å². The third kappa shape index (κ3) is 3.20. The van der Waals surface area contributed by atoms with Crippen molar-refractivity contribution in [3.05, 3.63) is 95.6 Å². The zero-order chi connectivity index (χ0) is 20.4. The quantitative estimate of drug-likeness (QED) is 0.737. The monoisotopic (exact) mass is 382 g/mol. The van der Waals surface area contributed by atoms with Gasteiger partial charge in [0.1, 0.15) is 6.04 Å². The molecule has 0 bridgehead atoms. The van der Waals surface area contributed by atoms with Gasteiger partial charge >= 0.3 is 0 Å².